The maximum atomic E-state index is 8.70. The first-order valence-electron chi connectivity index (χ1n) is 6.20. The molecular weight excluding hydrogens is 212 g/mol. The Kier molecular flexibility index (Phi) is 4.18. The van der Waals surface area contributed by atoms with Crippen LogP contribution in [-0.2, 0) is 6.54 Å². The van der Waals surface area contributed by atoms with Crippen molar-refractivity contribution in [3.05, 3.63) is 35.5 Å². The van der Waals surface area contributed by atoms with E-state index in [0.29, 0.717) is 0 Å². The number of H-pyrrole nitrogens is 1. The van der Waals surface area contributed by atoms with Crippen LogP contribution in [0.3, 0.4) is 0 Å². The van der Waals surface area contributed by atoms with Crippen LogP contribution in [0, 0.1) is 6.92 Å². The van der Waals surface area contributed by atoms with Crippen LogP contribution in [0.5, 0.6) is 0 Å². The van der Waals surface area contributed by atoms with Gasteiger partial charge in [-0.3, -0.25) is 0 Å². The Morgan fingerprint density at radius 3 is 2.88 bits per heavy atom. The van der Waals surface area contributed by atoms with Gasteiger partial charge >= 0.3 is 0 Å². The third-order valence-corrected chi connectivity index (χ3v) is 3.09. The summed E-state index contributed by atoms with van der Waals surface area (Å²) in [6.07, 6.45) is 1.90. The highest BCUT2D eigenvalue weighted by Gasteiger charge is 2.06. The summed E-state index contributed by atoms with van der Waals surface area (Å²) < 4.78 is 0. The molecule has 3 nitrogen and oxygen atoms in total. The highest BCUT2D eigenvalue weighted by molar-refractivity contribution is 5.84. The molecule has 0 unspecified atom stereocenters. The number of fused-ring (bicyclic) bond motifs is 1. The number of aryl methyl sites for hydroxylation is 1. The predicted octanol–water partition coefficient (Wildman–Crippen LogP) is 2.34. The summed E-state index contributed by atoms with van der Waals surface area (Å²) in [5, 5.41) is 13.4. The molecule has 3 N–H and O–H groups in total. The molecule has 0 atom stereocenters. The van der Waals surface area contributed by atoms with Crippen LogP contribution in [0.1, 0.15) is 24.1 Å². The van der Waals surface area contributed by atoms with E-state index >= 15 is 0 Å². The van der Waals surface area contributed by atoms with Gasteiger partial charge in [-0.2, -0.15) is 0 Å². The second kappa shape index (κ2) is 5.84. The van der Waals surface area contributed by atoms with Gasteiger partial charge in [-0.25, -0.2) is 0 Å². The van der Waals surface area contributed by atoms with Crippen LogP contribution in [0.4, 0.5) is 0 Å². The number of hydrogen-bond acceptors (Lipinski definition) is 2. The molecule has 1 heterocycles. The minimum absolute atomic E-state index is 0.286. The van der Waals surface area contributed by atoms with Gasteiger partial charge in [0.2, 0.25) is 0 Å². The molecular formula is C14H20N2O. The van der Waals surface area contributed by atoms with Crippen molar-refractivity contribution in [2.24, 2.45) is 0 Å². The fraction of sp³-hybridized carbons (Fsp3) is 0.429. The van der Waals surface area contributed by atoms with Crippen LogP contribution in [0.2, 0.25) is 0 Å². The summed E-state index contributed by atoms with van der Waals surface area (Å²) in [6.45, 7) is 4.25. The van der Waals surface area contributed by atoms with Gasteiger partial charge in [-0.15, -0.1) is 0 Å². The molecule has 0 aliphatic rings. The Hall–Kier alpha value is -1.32. The standard InChI is InChI=1S/C14H20N2O/c1-11-13(10-15-8-4-5-9-17)12-6-2-3-7-14(12)16-11/h2-3,6-7,15-17H,4-5,8-10H2,1H3. The second-order valence-electron chi connectivity index (χ2n) is 4.38. The fourth-order valence-corrected chi connectivity index (χ4v) is 2.14. The Morgan fingerprint density at radius 2 is 2.06 bits per heavy atom. The minimum atomic E-state index is 0.286. The van der Waals surface area contributed by atoms with Crippen molar-refractivity contribution >= 4 is 10.9 Å². The molecule has 1 aromatic carbocycles. The average Bonchev–Trinajstić information content (AvgIpc) is 2.65. The number of aliphatic hydroxyl groups is 1. The SMILES string of the molecule is Cc1[nH]c2ccccc2c1CNCCCCO. The molecule has 0 aliphatic carbocycles. The van der Waals surface area contributed by atoms with Crippen molar-refractivity contribution in [3.63, 3.8) is 0 Å². The molecule has 3 heteroatoms. The summed E-state index contributed by atoms with van der Waals surface area (Å²) >= 11 is 0. The Balaban J connectivity index is 2.00. The summed E-state index contributed by atoms with van der Waals surface area (Å²) in [7, 11) is 0. The van der Waals surface area contributed by atoms with E-state index in [-0.39, 0.29) is 6.61 Å². The lowest BCUT2D eigenvalue weighted by Crippen LogP contribution is -2.15. The van der Waals surface area contributed by atoms with Crippen molar-refractivity contribution in [3.8, 4) is 0 Å². The zero-order chi connectivity index (χ0) is 12.1. The van der Waals surface area contributed by atoms with E-state index in [0.717, 1.165) is 25.9 Å². The first kappa shape index (κ1) is 12.1. The molecule has 0 saturated heterocycles. The van der Waals surface area contributed by atoms with Crippen molar-refractivity contribution in [1.29, 1.82) is 0 Å². The predicted molar refractivity (Wildman–Crippen MR) is 71.1 cm³/mol. The van der Waals surface area contributed by atoms with Crippen LogP contribution in [0.15, 0.2) is 24.3 Å². The number of benzene rings is 1. The van der Waals surface area contributed by atoms with Crippen LogP contribution in [-0.4, -0.2) is 23.2 Å². The van der Waals surface area contributed by atoms with Crippen molar-refractivity contribution in [2.45, 2.75) is 26.3 Å². The lowest BCUT2D eigenvalue weighted by molar-refractivity contribution is 0.283. The molecule has 0 fully saturated rings. The second-order valence-corrected chi connectivity index (χ2v) is 4.38. The van der Waals surface area contributed by atoms with E-state index in [1.165, 1.54) is 22.2 Å². The molecule has 92 valence electrons. The number of aromatic nitrogens is 1. The lowest BCUT2D eigenvalue weighted by atomic mass is 10.1. The minimum Gasteiger partial charge on any atom is -0.396 e. The average molecular weight is 232 g/mol. The highest BCUT2D eigenvalue weighted by atomic mass is 16.2. The first-order valence-corrected chi connectivity index (χ1v) is 6.20. The molecule has 0 amide bonds. The zero-order valence-electron chi connectivity index (χ0n) is 10.3. The first-order chi connectivity index (χ1) is 8.33. The number of nitrogens with one attached hydrogen (secondary N) is 2. The summed E-state index contributed by atoms with van der Waals surface area (Å²) in [5.41, 5.74) is 3.79. The van der Waals surface area contributed by atoms with Crippen LogP contribution >= 0.6 is 0 Å². The van der Waals surface area contributed by atoms with Gasteiger partial charge in [-0.05, 0) is 37.9 Å². The number of rotatable bonds is 6. The normalized spacial score (nSPS) is 11.2. The Bertz CT molecular complexity index is 476. The van der Waals surface area contributed by atoms with Crippen molar-refractivity contribution < 1.29 is 5.11 Å². The summed E-state index contributed by atoms with van der Waals surface area (Å²) in [4.78, 5) is 3.40. The fourth-order valence-electron chi connectivity index (χ4n) is 2.14. The van der Waals surface area contributed by atoms with Crippen LogP contribution in [0.25, 0.3) is 10.9 Å². The van der Waals surface area contributed by atoms with Gasteiger partial charge in [0.25, 0.3) is 0 Å². The quantitative estimate of drug-likeness (QED) is 0.669. The smallest absolute Gasteiger partial charge is 0.0459 e. The third-order valence-electron chi connectivity index (χ3n) is 3.09. The molecule has 0 spiro atoms. The highest BCUT2D eigenvalue weighted by Crippen LogP contribution is 2.21. The Labute approximate surface area is 102 Å². The number of aliphatic hydroxyl groups excluding tert-OH is 1. The molecule has 0 radical (unpaired) electrons. The number of hydrogen-bond donors (Lipinski definition) is 3. The van der Waals surface area contributed by atoms with E-state index in [2.05, 4.69) is 41.5 Å². The van der Waals surface area contributed by atoms with Gasteiger partial charge in [0.05, 0.1) is 0 Å². The number of aromatic amines is 1. The monoisotopic (exact) mass is 232 g/mol. The molecule has 0 bridgehead atoms. The van der Waals surface area contributed by atoms with Gasteiger partial charge in [-0.1, -0.05) is 18.2 Å². The maximum absolute atomic E-state index is 8.70. The van der Waals surface area contributed by atoms with E-state index in [1.54, 1.807) is 0 Å². The molecule has 2 rings (SSSR count). The van der Waals surface area contributed by atoms with E-state index < -0.39 is 0 Å². The van der Waals surface area contributed by atoms with Gasteiger partial charge in [0.15, 0.2) is 0 Å². The van der Waals surface area contributed by atoms with Gasteiger partial charge in [0.1, 0.15) is 0 Å². The molecule has 1 aromatic heterocycles. The zero-order valence-corrected chi connectivity index (χ0v) is 10.3. The molecule has 17 heavy (non-hydrogen) atoms. The van der Waals surface area contributed by atoms with E-state index in [1.807, 2.05) is 0 Å². The summed E-state index contributed by atoms with van der Waals surface area (Å²) in [5.74, 6) is 0. The van der Waals surface area contributed by atoms with E-state index in [4.69, 9.17) is 5.11 Å². The number of para-hydroxylation sites is 1. The molecule has 0 aliphatic heterocycles. The van der Waals surface area contributed by atoms with Gasteiger partial charge < -0.3 is 15.4 Å². The largest absolute Gasteiger partial charge is 0.396 e. The topological polar surface area (TPSA) is 48.0 Å². The summed E-state index contributed by atoms with van der Waals surface area (Å²) in [6, 6.07) is 8.39. The van der Waals surface area contributed by atoms with E-state index in [9.17, 15) is 0 Å². The van der Waals surface area contributed by atoms with Crippen LogP contribution < -0.4 is 5.32 Å². The lowest BCUT2D eigenvalue weighted by Gasteiger charge is -2.04. The maximum Gasteiger partial charge on any atom is 0.0459 e. The van der Waals surface area contributed by atoms with Crippen molar-refractivity contribution in [2.75, 3.05) is 13.2 Å². The molecule has 0 saturated carbocycles. The molecule has 2 aromatic rings. The number of unbranched alkanes of at least 4 members (excludes halogenated alkanes) is 1. The van der Waals surface area contributed by atoms with Crippen molar-refractivity contribution in [1.82, 2.24) is 10.3 Å². The van der Waals surface area contributed by atoms with Gasteiger partial charge in [0, 0.05) is 29.7 Å². The Morgan fingerprint density at radius 1 is 1.24 bits per heavy atom. The third kappa shape index (κ3) is 2.87.